The van der Waals surface area contributed by atoms with Crippen molar-refractivity contribution in [3.05, 3.63) is 29.8 Å². The molecule has 1 saturated heterocycles. The van der Waals surface area contributed by atoms with E-state index in [1.54, 1.807) is 29.2 Å². The molecule has 0 aliphatic carbocycles. The second-order valence-electron chi connectivity index (χ2n) is 6.44. The molecule has 1 aromatic rings. The number of methoxy groups -OCH3 is 1. The average Bonchev–Trinajstić information content (AvgIpc) is 2.94. The number of carbonyl (C=O) groups excluding carboxylic acids is 2. The van der Waals surface area contributed by atoms with Gasteiger partial charge >= 0.3 is 12.1 Å². The van der Waals surface area contributed by atoms with Crippen LogP contribution in [0.2, 0.25) is 0 Å². The first-order valence-electron chi connectivity index (χ1n) is 7.62. The van der Waals surface area contributed by atoms with Crippen molar-refractivity contribution in [2.45, 2.75) is 38.9 Å². The number of hydrogen-bond donors (Lipinski definition) is 0. The average molecular weight is 321 g/mol. The maximum absolute atomic E-state index is 12.1. The van der Waals surface area contributed by atoms with Crippen LogP contribution < -0.4 is 4.74 Å². The zero-order valence-corrected chi connectivity index (χ0v) is 14.0. The Morgan fingerprint density at radius 1 is 1.22 bits per heavy atom. The van der Waals surface area contributed by atoms with E-state index in [2.05, 4.69) is 0 Å². The SMILES string of the molecule is COC(=O)c1ccccc1OC1CCN(C(=O)OC(C)(C)C)C1. The molecule has 1 aromatic carbocycles. The third kappa shape index (κ3) is 4.61. The quantitative estimate of drug-likeness (QED) is 0.801. The molecular formula is C17H23NO5. The summed E-state index contributed by atoms with van der Waals surface area (Å²) >= 11 is 0. The molecule has 1 aliphatic heterocycles. The third-order valence-electron chi connectivity index (χ3n) is 3.38. The Morgan fingerprint density at radius 3 is 2.57 bits per heavy atom. The lowest BCUT2D eigenvalue weighted by Gasteiger charge is -2.24. The molecule has 1 aliphatic rings. The van der Waals surface area contributed by atoms with E-state index in [0.29, 0.717) is 30.8 Å². The molecule has 0 bridgehead atoms. The van der Waals surface area contributed by atoms with Gasteiger partial charge in [-0.15, -0.1) is 0 Å². The maximum Gasteiger partial charge on any atom is 0.410 e. The largest absolute Gasteiger partial charge is 0.488 e. The van der Waals surface area contributed by atoms with Crippen LogP contribution in [-0.4, -0.2) is 48.9 Å². The van der Waals surface area contributed by atoms with Crippen molar-refractivity contribution in [1.82, 2.24) is 4.90 Å². The number of likely N-dealkylation sites (tertiary alicyclic amines) is 1. The number of ether oxygens (including phenoxy) is 3. The van der Waals surface area contributed by atoms with Crippen LogP contribution in [0.5, 0.6) is 5.75 Å². The van der Waals surface area contributed by atoms with Crippen LogP contribution in [0.1, 0.15) is 37.6 Å². The first-order chi connectivity index (χ1) is 10.8. The summed E-state index contributed by atoms with van der Waals surface area (Å²) in [5, 5.41) is 0. The fourth-order valence-corrected chi connectivity index (χ4v) is 2.34. The van der Waals surface area contributed by atoms with Gasteiger partial charge in [0.1, 0.15) is 23.0 Å². The van der Waals surface area contributed by atoms with E-state index in [-0.39, 0.29) is 12.2 Å². The minimum absolute atomic E-state index is 0.173. The topological polar surface area (TPSA) is 65.1 Å². The van der Waals surface area contributed by atoms with E-state index in [9.17, 15) is 9.59 Å². The van der Waals surface area contributed by atoms with Crippen molar-refractivity contribution in [2.24, 2.45) is 0 Å². The van der Waals surface area contributed by atoms with Gasteiger partial charge in [-0.2, -0.15) is 0 Å². The van der Waals surface area contributed by atoms with Crippen LogP contribution >= 0.6 is 0 Å². The third-order valence-corrected chi connectivity index (χ3v) is 3.38. The maximum atomic E-state index is 12.1. The molecule has 1 heterocycles. The van der Waals surface area contributed by atoms with Crippen LogP contribution in [0.3, 0.4) is 0 Å². The number of esters is 1. The molecule has 1 amide bonds. The minimum atomic E-state index is -0.520. The van der Waals surface area contributed by atoms with Crippen molar-refractivity contribution in [3.63, 3.8) is 0 Å². The molecule has 0 spiro atoms. The Morgan fingerprint density at radius 2 is 1.91 bits per heavy atom. The van der Waals surface area contributed by atoms with Gasteiger partial charge in [0.2, 0.25) is 0 Å². The highest BCUT2D eigenvalue weighted by Crippen LogP contribution is 2.24. The summed E-state index contributed by atoms with van der Waals surface area (Å²) in [7, 11) is 1.33. The molecule has 1 unspecified atom stereocenters. The van der Waals surface area contributed by atoms with Gasteiger partial charge in [0.05, 0.1) is 13.7 Å². The van der Waals surface area contributed by atoms with Crippen LogP contribution in [0.4, 0.5) is 4.79 Å². The van der Waals surface area contributed by atoms with Crippen molar-refractivity contribution in [1.29, 1.82) is 0 Å². The second-order valence-corrected chi connectivity index (χ2v) is 6.44. The molecule has 1 fully saturated rings. The Kier molecular flexibility index (Phi) is 5.13. The first kappa shape index (κ1) is 17.1. The molecule has 126 valence electrons. The van der Waals surface area contributed by atoms with Crippen LogP contribution in [0.25, 0.3) is 0 Å². The number of rotatable bonds is 3. The van der Waals surface area contributed by atoms with E-state index in [0.717, 1.165) is 0 Å². The summed E-state index contributed by atoms with van der Waals surface area (Å²) in [5.74, 6) is 0.0259. The van der Waals surface area contributed by atoms with Gasteiger partial charge in [-0.25, -0.2) is 9.59 Å². The second kappa shape index (κ2) is 6.89. The van der Waals surface area contributed by atoms with E-state index in [4.69, 9.17) is 14.2 Å². The highest BCUT2D eigenvalue weighted by atomic mass is 16.6. The molecular weight excluding hydrogens is 298 g/mol. The van der Waals surface area contributed by atoms with E-state index >= 15 is 0 Å². The zero-order valence-electron chi connectivity index (χ0n) is 14.0. The highest BCUT2D eigenvalue weighted by Gasteiger charge is 2.31. The summed E-state index contributed by atoms with van der Waals surface area (Å²) in [6.07, 6.45) is 0.174. The molecule has 6 nitrogen and oxygen atoms in total. The lowest BCUT2D eigenvalue weighted by Crippen LogP contribution is -2.36. The Bertz CT molecular complexity index is 579. The number of nitrogens with zero attached hydrogens (tertiary/aromatic N) is 1. The van der Waals surface area contributed by atoms with Crippen molar-refractivity contribution < 1.29 is 23.8 Å². The van der Waals surface area contributed by atoms with Gasteiger partial charge in [0.25, 0.3) is 0 Å². The molecule has 0 saturated carbocycles. The van der Waals surface area contributed by atoms with E-state index in [1.807, 2.05) is 20.8 Å². The highest BCUT2D eigenvalue weighted by molar-refractivity contribution is 5.92. The van der Waals surface area contributed by atoms with Gasteiger partial charge in [-0.3, -0.25) is 0 Å². The van der Waals surface area contributed by atoms with Crippen molar-refractivity contribution >= 4 is 12.1 Å². The summed E-state index contributed by atoms with van der Waals surface area (Å²) in [6, 6.07) is 6.92. The molecule has 0 N–H and O–H groups in total. The normalized spacial score (nSPS) is 17.7. The van der Waals surface area contributed by atoms with Gasteiger partial charge in [0.15, 0.2) is 0 Å². The number of hydrogen-bond acceptors (Lipinski definition) is 5. The Hall–Kier alpha value is -2.24. The van der Waals surface area contributed by atoms with Gasteiger partial charge in [-0.05, 0) is 32.9 Å². The molecule has 6 heteroatoms. The number of benzene rings is 1. The number of carbonyl (C=O) groups is 2. The summed E-state index contributed by atoms with van der Waals surface area (Å²) < 4.78 is 16.0. The number of para-hydroxylation sites is 1. The smallest absolute Gasteiger partial charge is 0.410 e. The Labute approximate surface area is 136 Å². The molecule has 0 radical (unpaired) electrons. The number of amides is 1. The van der Waals surface area contributed by atoms with Gasteiger partial charge in [-0.1, -0.05) is 12.1 Å². The van der Waals surface area contributed by atoms with Crippen molar-refractivity contribution in [3.8, 4) is 5.75 Å². The predicted octanol–water partition coefficient (Wildman–Crippen LogP) is 2.86. The fraction of sp³-hybridized carbons (Fsp3) is 0.529. The van der Waals surface area contributed by atoms with Gasteiger partial charge < -0.3 is 19.1 Å². The summed E-state index contributed by atoms with van der Waals surface area (Å²) in [4.78, 5) is 25.4. The predicted molar refractivity (Wildman–Crippen MR) is 84.6 cm³/mol. The fourth-order valence-electron chi connectivity index (χ4n) is 2.34. The lowest BCUT2D eigenvalue weighted by molar-refractivity contribution is 0.0274. The summed E-state index contributed by atoms with van der Waals surface area (Å²) in [6.45, 7) is 6.51. The molecule has 0 aromatic heterocycles. The standard InChI is InChI=1S/C17H23NO5/c1-17(2,3)23-16(20)18-10-9-12(11-18)22-14-8-6-5-7-13(14)15(19)21-4/h5-8,12H,9-11H2,1-4H3. The Balaban J connectivity index is 1.99. The zero-order chi connectivity index (χ0) is 17.0. The summed E-state index contributed by atoms with van der Waals surface area (Å²) in [5.41, 5.74) is -0.140. The van der Waals surface area contributed by atoms with Crippen molar-refractivity contribution in [2.75, 3.05) is 20.2 Å². The lowest BCUT2D eigenvalue weighted by atomic mass is 10.2. The van der Waals surface area contributed by atoms with Crippen LogP contribution in [0, 0.1) is 0 Å². The minimum Gasteiger partial charge on any atom is -0.488 e. The molecule has 1 atom stereocenters. The van der Waals surface area contributed by atoms with Crippen LogP contribution in [-0.2, 0) is 9.47 Å². The molecule has 2 rings (SSSR count). The van der Waals surface area contributed by atoms with Gasteiger partial charge in [0, 0.05) is 13.0 Å². The monoisotopic (exact) mass is 321 g/mol. The van der Waals surface area contributed by atoms with E-state index < -0.39 is 11.6 Å². The molecule has 23 heavy (non-hydrogen) atoms. The van der Waals surface area contributed by atoms with E-state index in [1.165, 1.54) is 7.11 Å². The van der Waals surface area contributed by atoms with Crippen LogP contribution in [0.15, 0.2) is 24.3 Å². The first-order valence-corrected chi connectivity index (χ1v) is 7.62.